The van der Waals surface area contributed by atoms with Crippen LogP contribution < -0.4 is 0 Å². The molecule has 1 amide bonds. The van der Waals surface area contributed by atoms with E-state index in [1.807, 2.05) is 20.8 Å². The minimum absolute atomic E-state index is 0.0311. The van der Waals surface area contributed by atoms with Crippen LogP contribution in [0.4, 0.5) is 4.79 Å². The number of carbonyl (C=O) groups excluding carboxylic acids is 2. The van der Waals surface area contributed by atoms with Gasteiger partial charge in [-0.3, -0.25) is 0 Å². The Balaban J connectivity index is 2.10. The molecule has 1 saturated carbocycles. The number of benzene rings is 1. The Morgan fingerprint density at radius 2 is 2.00 bits per heavy atom. The SMILES string of the molecule is CC(C)(C)N(C(=O)OCc1cc(CC=O)cc(Cl)c1Cl)C1CC1. The molecule has 0 aliphatic heterocycles. The van der Waals surface area contributed by atoms with Gasteiger partial charge in [0.15, 0.2) is 0 Å². The molecule has 126 valence electrons. The van der Waals surface area contributed by atoms with E-state index in [1.165, 1.54) is 0 Å². The van der Waals surface area contributed by atoms with Crippen LogP contribution in [0.25, 0.3) is 0 Å². The fourth-order valence-corrected chi connectivity index (χ4v) is 2.97. The number of carbonyl (C=O) groups is 2. The highest BCUT2D eigenvalue weighted by Crippen LogP contribution is 2.34. The van der Waals surface area contributed by atoms with Gasteiger partial charge >= 0.3 is 6.09 Å². The molecule has 1 aliphatic carbocycles. The van der Waals surface area contributed by atoms with Crippen molar-refractivity contribution in [3.05, 3.63) is 33.3 Å². The number of amides is 1. The zero-order valence-corrected chi connectivity index (χ0v) is 15.1. The quantitative estimate of drug-likeness (QED) is 0.721. The molecule has 23 heavy (non-hydrogen) atoms. The van der Waals surface area contributed by atoms with E-state index in [4.69, 9.17) is 27.9 Å². The van der Waals surface area contributed by atoms with Crippen molar-refractivity contribution in [2.75, 3.05) is 0 Å². The van der Waals surface area contributed by atoms with Gasteiger partial charge in [-0.2, -0.15) is 0 Å². The summed E-state index contributed by atoms with van der Waals surface area (Å²) in [6, 6.07) is 3.65. The van der Waals surface area contributed by atoms with Gasteiger partial charge in [0.1, 0.15) is 12.9 Å². The molecule has 0 atom stereocenters. The molecule has 4 nitrogen and oxygen atoms in total. The predicted octanol–water partition coefficient (Wildman–Crippen LogP) is 4.63. The van der Waals surface area contributed by atoms with Gasteiger partial charge in [0, 0.05) is 23.6 Å². The van der Waals surface area contributed by atoms with Crippen LogP contribution in [0.3, 0.4) is 0 Å². The molecule has 2 rings (SSSR count). The molecular formula is C17H21Cl2NO3. The van der Waals surface area contributed by atoms with Gasteiger partial charge < -0.3 is 14.4 Å². The fraction of sp³-hybridized carbons (Fsp3) is 0.529. The van der Waals surface area contributed by atoms with Crippen LogP contribution in [0.1, 0.15) is 44.7 Å². The smallest absolute Gasteiger partial charge is 0.410 e. The normalized spacial score (nSPS) is 14.5. The molecule has 1 aromatic rings. The van der Waals surface area contributed by atoms with Crippen molar-refractivity contribution in [2.24, 2.45) is 0 Å². The summed E-state index contributed by atoms with van der Waals surface area (Å²) in [6.07, 6.45) is 2.70. The maximum absolute atomic E-state index is 12.4. The Morgan fingerprint density at radius 1 is 1.35 bits per heavy atom. The zero-order valence-electron chi connectivity index (χ0n) is 13.6. The van der Waals surface area contributed by atoms with Gasteiger partial charge in [0.05, 0.1) is 10.0 Å². The van der Waals surface area contributed by atoms with Crippen molar-refractivity contribution in [3.8, 4) is 0 Å². The lowest BCUT2D eigenvalue weighted by molar-refractivity contribution is -0.107. The Morgan fingerprint density at radius 3 is 2.52 bits per heavy atom. The molecule has 0 heterocycles. The number of nitrogens with zero attached hydrogens (tertiary/aromatic N) is 1. The molecule has 0 N–H and O–H groups in total. The number of aldehydes is 1. The standard InChI is InChI=1S/C17H21Cl2NO3/c1-17(2,3)20(13-4-5-13)16(22)23-10-12-8-11(6-7-21)9-14(18)15(12)19/h7-9,13H,4-6,10H2,1-3H3. The van der Waals surface area contributed by atoms with Crippen LogP contribution in [0.15, 0.2) is 12.1 Å². The summed E-state index contributed by atoms with van der Waals surface area (Å²) in [5.74, 6) is 0. The molecule has 1 fully saturated rings. The molecule has 1 aliphatic rings. The highest BCUT2D eigenvalue weighted by molar-refractivity contribution is 6.42. The van der Waals surface area contributed by atoms with E-state index in [2.05, 4.69) is 0 Å². The zero-order chi connectivity index (χ0) is 17.2. The van der Waals surface area contributed by atoms with Gasteiger partial charge in [-0.05, 0) is 45.2 Å². The van der Waals surface area contributed by atoms with Crippen molar-refractivity contribution in [3.63, 3.8) is 0 Å². The van der Waals surface area contributed by atoms with Crippen LogP contribution in [-0.4, -0.2) is 28.9 Å². The van der Waals surface area contributed by atoms with Crippen molar-refractivity contribution >= 4 is 35.6 Å². The van der Waals surface area contributed by atoms with Crippen LogP contribution in [0, 0.1) is 0 Å². The third-order valence-corrected chi connectivity index (χ3v) is 4.51. The number of rotatable bonds is 5. The first kappa shape index (κ1) is 18.1. The fourth-order valence-electron chi connectivity index (χ4n) is 2.54. The van der Waals surface area contributed by atoms with Crippen LogP contribution in [0.2, 0.25) is 10.0 Å². The number of hydrogen-bond donors (Lipinski definition) is 0. The summed E-state index contributed by atoms with van der Waals surface area (Å²) in [7, 11) is 0. The average Bonchev–Trinajstić information content (AvgIpc) is 3.24. The van der Waals surface area contributed by atoms with E-state index in [9.17, 15) is 9.59 Å². The molecule has 0 spiro atoms. The van der Waals surface area contributed by atoms with Crippen molar-refractivity contribution in [2.45, 2.75) is 58.2 Å². The lowest BCUT2D eigenvalue weighted by Crippen LogP contribution is -2.47. The first-order valence-electron chi connectivity index (χ1n) is 7.60. The third-order valence-electron chi connectivity index (χ3n) is 3.66. The molecule has 0 unspecified atom stereocenters. The maximum atomic E-state index is 12.4. The predicted molar refractivity (Wildman–Crippen MR) is 91.0 cm³/mol. The minimum Gasteiger partial charge on any atom is -0.444 e. The summed E-state index contributed by atoms with van der Waals surface area (Å²) >= 11 is 12.2. The van der Waals surface area contributed by atoms with Crippen molar-refractivity contribution in [1.29, 1.82) is 0 Å². The second-order valence-corrected chi connectivity index (χ2v) is 7.53. The van der Waals surface area contributed by atoms with Gasteiger partial charge in [0.25, 0.3) is 0 Å². The second kappa shape index (κ2) is 7.10. The van der Waals surface area contributed by atoms with Gasteiger partial charge in [0.2, 0.25) is 0 Å². The van der Waals surface area contributed by atoms with E-state index in [0.717, 1.165) is 24.7 Å². The van der Waals surface area contributed by atoms with Crippen LogP contribution in [-0.2, 0) is 22.6 Å². The lowest BCUT2D eigenvalue weighted by atomic mass is 10.1. The van der Waals surface area contributed by atoms with E-state index in [0.29, 0.717) is 15.6 Å². The molecule has 0 saturated heterocycles. The number of hydrogen-bond acceptors (Lipinski definition) is 3. The molecule has 0 radical (unpaired) electrons. The van der Waals surface area contributed by atoms with Crippen LogP contribution in [0.5, 0.6) is 0 Å². The molecule has 1 aromatic carbocycles. The molecule has 0 bridgehead atoms. The summed E-state index contributed by atoms with van der Waals surface area (Å²) in [5.41, 5.74) is 1.06. The second-order valence-electron chi connectivity index (χ2n) is 6.75. The van der Waals surface area contributed by atoms with Gasteiger partial charge in [-0.15, -0.1) is 0 Å². The summed E-state index contributed by atoms with van der Waals surface area (Å²) < 4.78 is 5.44. The summed E-state index contributed by atoms with van der Waals surface area (Å²) in [4.78, 5) is 24.9. The topological polar surface area (TPSA) is 46.6 Å². The van der Waals surface area contributed by atoms with E-state index >= 15 is 0 Å². The van der Waals surface area contributed by atoms with E-state index in [-0.39, 0.29) is 30.7 Å². The summed E-state index contributed by atoms with van der Waals surface area (Å²) in [5, 5.41) is 0.704. The lowest BCUT2D eigenvalue weighted by Gasteiger charge is -2.35. The Labute approximate surface area is 146 Å². The Kier molecular flexibility index (Phi) is 5.58. The van der Waals surface area contributed by atoms with E-state index < -0.39 is 0 Å². The number of ether oxygens (including phenoxy) is 1. The highest BCUT2D eigenvalue weighted by Gasteiger charge is 2.40. The van der Waals surface area contributed by atoms with Crippen LogP contribution >= 0.6 is 23.2 Å². The first-order chi connectivity index (χ1) is 10.7. The van der Waals surface area contributed by atoms with Gasteiger partial charge in [-0.25, -0.2) is 4.79 Å². The highest BCUT2D eigenvalue weighted by atomic mass is 35.5. The third kappa shape index (κ3) is 4.61. The Bertz CT molecular complexity index is 607. The minimum atomic E-state index is -0.354. The van der Waals surface area contributed by atoms with Gasteiger partial charge in [-0.1, -0.05) is 29.3 Å². The average molecular weight is 358 g/mol. The Hall–Kier alpha value is -1.26. The van der Waals surface area contributed by atoms with Crippen molar-refractivity contribution < 1.29 is 14.3 Å². The van der Waals surface area contributed by atoms with E-state index in [1.54, 1.807) is 17.0 Å². The largest absolute Gasteiger partial charge is 0.444 e. The molecule has 6 heteroatoms. The first-order valence-corrected chi connectivity index (χ1v) is 8.36. The molecular weight excluding hydrogens is 337 g/mol. The molecule has 0 aromatic heterocycles. The monoisotopic (exact) mass is 357 g/mol. The summed E-state index contributed by atoms with van der Waals surface area (Å²) in [6.45, 7) is 5.99. The van der Waals surface area contributed by atoms with Crippen molar-refractivity contribution in [1.82, 2.24) is 4.90 Å². The maximum Gasteiger partial charge on any atom is 0.410 e. The number of halogens is 2.